The fourth-order valence-electron chi connectivity index (χ4n) is 2.69. The summed E-state index contributed by atoms with van der Waals surface area (Å²) in [7, 11) is 1.44. The van der Waals surface area contributed by atoms with Gasteiger partial charge in [0.05, 0.1) is 0 Å². The van der Waals surface area contributed by atoms with Crippen molar-refractivity contribution < 1.29 is 9.53 Å². The second-order valence-corrected chi connectivity index (χ2v) is 6.47. The number of carbonyl (C=O) groups excluding carboxylic acids is 1. The lowest BCUT2D eigenvalue weighted by Gasteiger charge is -2.23. The molecule has 0 bridgehead atoms. The quantitative estimate of drug-likeness (QED) is 0.766. The van der Waals surface area contributed by atoms with E-state index in [1.165, 1.54) is 11.6 Å². The lowest BCUT2D eigenvalue weighted by molar-refractivity contribution is -0.124. The van der Waals surface area contributed by atoms with Crippen LogP contribution in [-0.2, 0) is 11.3 Å². The largest absolute Gasteiger partial charge is 0.481 e. The van der Waals surface area contributed by atoms with Crippen LogP contribution in [0.3, 0.4) is 0 Å². The Bertz CT molecular complexity index is 915. The zero-order valence-electron chi connectivity index (χ0n) is 16.1. The van der Waals surface area contributed by atoms with E-state index in [0.717, 1.165) is 23.3 Å². The first kappa shape index (κ1) is 20.3. The van der Waals surface area contributed by atoms with E-state index in [9.17, 15) is 14.4 Å². The van der Waals surface area contributed by atoms with Gasteiger partial charge in [-0.25, -0.2) is 4.79 Å². The van der Waals surface area contributed by atoms with Gasteiger partial charge in [-0.15, -0.1) is 0 Å². The van der Waals surface area contributed by atoms with E-state index < -0.39 is 23.3 Å². The van der Waals surface area contributed by atoms with Crippen LogP contribution in [0.15, 0.2) is 33.9 Å². The Morgan fingerprint density at radius 2 is 1.93 bits per heavy atom. The Morgan fingerprint density at radius 1 is 1.30 bits per heavy atom. The first-order valence-corrected chi connectivity index (χ1v) is 8.89. The van der Waals surface area contributed by atoms with Crippen LogP contribution in [0.25, 0.3) is 0 Å². The number of carbonyl (C=O) groups is 1. The van der Waals surface area contributed by atoms with E-state index in [1.807, 2.05) is 26.0 Å². The van der Waals surface area contributed by atoms with E-state index in [4.69, 9.17) is 10.5 Å². The zero-order valence-corrected chi connectivity index (χ0v) is 16.1. The summed E-state index contributed by atoms with van der Waals surface area (Å²) in [6.07, 6.45) is 0.740. The van der Waals surface area contributed by atoms with Crippen molar-refractivity contribution in [3.8, 4) is 5.75 Å². The van der Waals surface area contributed by atoms with Crippen molar-refractivity contribution in [3.63, 3.8) is 0 Å². The average molecular weight is 374 g/mol. The van der Waals surface area contributed by atoms with E-state index in [-0.39, 0.29) is 11.5 Å². The highest BCUT2D eigenvalue weighted by Crippen LogP contribution is 2.19. The molecule has 1 aromatic heterocycles. The Kier molecular flexibility index (Phi) is 6.44. The van der Waals surface area contributed by atoms with Crippen LogP contribution in [0, 0.1) is 6.92 Å². The summed E-state index contributed by atoms with van der Waals surface area (Å²) in [5, 5.41) is 0. The number of nitrogens with zero attached hydrogens (tertiary/aromatic N) is 2. The molecule has 2 rings (SSSR count). The summed E-state index contributed by atoms with van der Waals surface area (Å²) in [6.45, 7) is 5.89. The summed E-state index contributed by atoms with van der Waals surface area (Å²) in [5.41, 5.74) is 5.77. The Labute approximate surface area is 157 Å². The number of aromatic amines is 1. The number of benzene rings is 1. The topological polar surface area (TPSA) is 110 Å². The number of unbranched alkanes of at least 4 members (excludes halogenated alkanes) is 1. The fourth-order valence-corrected chi connectivity index (χ4v) is 2.69. The number of likely N-dealkylation sites (N-methyl/N-ethyl adjacent to an activating group) is 1. The number of nitrogens with two attached hydrogens (primary N) is 1. The van der Waals surface area contributed by atoms with Crippen LogP contribution in [0.1, 0.15) is 32.3 Å². The number of ether oxygens (including phenoxy) is 1. The molecule has 0 saturated carbocycles. The van der Waals surface area contributed by atoms with Gasteiger partial charge in [-0.1, -0.05) is 31.0 Å². The maximum atomic E-state index is 12.7. The summed E-state index contributed by atoms with van der Waals surface area (Å²) in [5.74, 6) is 0.0636. The van der Waals surface area contributed by atoms with Gasteiger partial charge in [-0.2, -0.15) is 0 Å². The van der Waals surface area contributed by atoms with Gasteiger partial charge in [-0.3, -0.25) is 19.1 Å². The molecule has 2 aromatic rings. The van der Waals surface area contributed by atoms with Gasteiger partial charge in [0.25, 0.3) is 11.5 Å². The van der Waals surface area contributed by atoms with Crippen LogP contribution in [0.5, 0.6) is 5.75 Å². The fraction of sp³-hybridized carbons (Fsp3) is 0.421. The van der Waals surface area contributed by atoms with E-state index in [1.54, 1.807) is 19.1 Å². The molecule has 0 aliphatic carbocycles. The molecule has 0 radical (unpaired) electrons. The highest BCUT2D eigenvalue weighted by Gasteiger charge is 2.25. The second-order valence-electron chi connectivity index (χ2n) is 6.47. The van der Waals surface area contributed by atoms with E-state index in [2.05, 4.69) is 4.98 Å². The van der Waals surface area contributed by atoms with Gasteiger partial charge in [0, 0.05) is 13.6 Å². The van der Waals surface area contributed by atoms with Crippen molar-refractivity contribution in [2.75, 3.05) is 17.7 Å². The molecule has 1 amide bonds. The number of rotatable bonds is 7. The standard InChI is InChI=1S/C19H26N4O4/c1-5-6-11-23-16(20)15(17(24)21-19(23)26)22(4)18(25)13(3)27-14-9-7-12(2)8-10-14/h7-10,13H,5-6,11,20H2,1-4H3,(H,21,24,26). The summed E-state index contributed by atoms with van der Waals surface area (Å²) >= 11 is 0. The number of amides is 1. The Morgan fingerprint density at radius 3 is 2.52 bits per heavy atom. The molecule has 3 N–H and O–H groups in total. The number of nitrogens with one attached hydrogen (secondary N) is 1. The van der Waals surface area contributed by atoms with Gasteiger partial charge < -0.3 is 15.4 Å². The third-order valence-electron chi connectivity index (χ3n) is 4.30. The number of nitrogen functional groups attached to an aromatic ring is 1. The Hall–Kier alpha value is -3.03. The van der Waals surface area contributed by atoms with E-state index >= 15 is 0 Å². The number of aromatic nitrogens is 2. The summed E-state index contributed by atoms with van der Waals surface area (Å²) in [6, 6.07) is 7.29. The molecule has 0 aliphatic rings. The molecule has 0 saturated heterocycles. The molecule has 1 heterocycles. The SMILES string of the molecule is CCCCn1c(N)c(N(C)C(=O)C(C)Oc2ccc(C)cc2)c(=O)[nH]c1=O. The molecule has 146 valence electrons. The van der Waals surface area contributed by atoms with Crippen LogP contribution in [-0.4, -0.2) is 28.6 Å². The first-order valence-electron chi connectivity index (χ1n) is 8.89. The third kappa shape index (κ3) is 4.58. The van der Waals surface area contributed by atoms with Gasteiger partial charge in [-0.05, 0) is 32.4 Å². The molecule has 8 nitrogen and oxygen atoms in total. The van der Waals surface area contributed by atoms with Gasteiger partial charge in [0.2, 0.25) is 0 Å². The molecule has 8 heteroatoms. The minimum Gasteiger partial charge on any atom is -0.481 e. The van der Waals surface area contributed by atoms with Crippen LogP contribution in [0.4, 0.5) is 11.5 Å². The monoisotopic (exact) mass is 374 g/mol. The predicted molar refractivity (Wildman–Crippen MR) is 105 cm³/mol. The first-order chi connectivity index (χ1) is 12.8. The minimum atomic E-state index is -0.840. The summed E-state index contributed by atoms with van der Waals surface area (Å²) < 4.78 is 6.93. The van der Waals surface area contributed by atoms with Crippen LogP contribution < -0.4 is 26.6 Å². The molecular formula is C19H26N4O4. The van der Waals surface area contributed by atoms with Crippen molar-refractivity contribution in [1.29, 1.82) is 0 Å². The summed E-state index contributed by atoms with van der Waals surface area (Å²) in [4.78, 5) is 40.4. The van der Waals surface area contributed by atoms with E-state index in [0.29, 0.717) is 12.3 Å². The molecular weight excluding hydrogens is 348 g/mol. The van der Waals surface area contributed by atoms with Crippen molar-refractivity contribution in [2.24, 2.45) is 0 Å². The second kappa shape index (κ2) is 8.57. The molecule has 1 unspecified atom stereocenters. The number of H-pyrrole nitrogens is 1. The number of aryl methyl sites for hydroxylation is 1. The lowest BCUT2D eigenvalue weighted by atomic mass is 10.2. The maximum Gasteiger partial charge on any atom is 0.330 e. The normalized spacial score (nSPS) is 11.9. The number of hydrogen-bond donors (Lipinski definition) is 2. The van der Waals surface area contributed by atoms with Crippen LogP contribution >= 0.6 is 0 Å². The molecule has 1 aromatic carbocycles. The number of anilines is 2. The molecule has 0 aliphatic heterocycles. The molecule has 27 heavy (non-hydrogen) atoms. The lowest BCUT2D eigenvalue weighted by Crippen LogP contribution is -2.43. The van der Waals surface area contributed by atoms with Gasteiger partial charge >= 0.3 is 5.69 Å². The maximum absolute atomic E-state index is 12.7. The Balaban J connectivity index is 2.28. The highest BCUT2D eigenvalue weighted by atomic mass is 16.5. The van der Waals surface area contributed by atoms with Crippen molar-refractivity contribution in [1.82, 2.24) is 9.55 Å². The minimum absolute atomic E-state index is 0.0319. The average Bonchev–Trinajstić information content (AvgIpc) is 2.62. The molecule has 0 spiro atoms. The predicted octanol–water partition coefficient (Wildman–Crippen LogP) is 1.66. The van der Waals surface area contributed by atoms with Crippen LogP contribution in [0.2, 0.25) is 0 Å². The van der Waals surface area contributed by atoms with Crippen molar-refractivity contribution >= 4 is 17.4 Å². The van der Waals surface area contributed by atoms with Gasteiger partial charge in [0.1, 0.15) is 11.6 Å². The number of hydrogen-bond acceptors (Lipinski definition) is 5. The smallest absolute Gasteiger partial charge is 0.330 e. The molecule has 0 fully saturated rings. The third-order valence-corrected chi connectivity index (χ3v) is 4.30. The molecule has 1 atom stereocenters. The van der Waals surface area contributed by atoms with Crippen molar-refractivity contribution in [3.05, 3.63) is 50.7 Å². The highest BCUT2D eigenvalue weighted by molar-refractivity contribution is 5.97. The van der Waals surface area contributed by atoms with Crippen molar-refractivity contribution in [2.45, 2.75) is 46.3 Å². The zero-order chi connectivity index (χ0) is 20.1. The van der Waals surface area contributed by atoms with Gasteiger partial charge in [0.15, 0.2) is 11.8 Å².